The van der Waals surface area contributed by atoms with Gasteiger partial charge >= 0.3 is 0 Å². The highest BCUT2D eigenvalue weighted by Crippen LogP contribution is 2.36. The Balaban J connectivity index is 2.00. The molecule has 1 fully saturated rings. The lowest BCUT2D eigenvalue weighted by molar-refractivity contribution is 0.251. The Bertz CT molecular complexity index is 676. The van der Waals surface area contributed by atoms with Crippen molar-refractivity contribution in [2.75, 3.05) is 6.54 Å². The van der Waals surface area contributed by atoms with Crippen molar-refractivity contribution in [2.45, 2.75) is 36.4 Å². The molecule has 2 aromatic rings. The first kappa shape index (κ1) is 13.8. The zero-order valence-electron chi connectivity index (χ0n) is 11.2. The van der Waals surface area contributed by atoms with Gasteiger partial charge in [0.05, 0.1) is 17.9 Å². The Labute approximate surface area is 122 Å². The van der Waals surface area contributed by atoms with Crippen LogP contribution < -0.4 is 0 Å². The van der Waals surface area contributed by atoms with E-state index in [1.165, 1.54) is 11.3 Å². The van der Waals surface area contributed by atoms with E-state index in [4.69, 9.17) is 0 Å². The smallest absolute Gasteiger partial charge is 0.253 e. The summed E-state index contributed by atoms with van der Waals surface area (Å²) < 4.78 is 27.6. The molecule has 1 aliphatic heterocycles. The molecule has 108 valence electrons. The zero-order valence-corrected chi connectivity index (χ0v) is 12.9. The molecule has 3 rings (SSSR count). The second kappa shape index (κ2) is 5.31. The Morgan fingerprint density at radius 1 is 1.45 bits per heavy atom. The van der Waals surface area contributed by atoms with Gasteiger partial charge in [0.25, 0.3) is 10.0 Å². The monoisotopic (exact) mass is 311 g/mol. The van der Waals surface area contributed by atoms with Crippen molar-refractivity contribution in [3.05, 3.63) is 35.0 Å². The molecule has 20 heavy (non-hydrogen) atoms. The molecule has 7 heteroatoms. The number of nitrogens with one attached hydrogen (secondary N) is 1. The number of piperidine rings is 1. The van der Waals surface area contributed by atoms with Crippen LogP contribution in [0.1, 0.15) is 36.6 Å². The number of sulfonamides is 1. The van der Waals surface area contributed by atoms with E-state index in [1.54, 1.807) is 28.0 Å². The van der Waals surface area contributed by atoms with Gasteiger partial charge in [0.15, 0.2) is 0 Å². The maximum Gasteiger partial charge on any atom is 0.253 e. The Morgan fingerprint density at radius 3 is 2.95 bits per heavy atom. The van der Waals surface area contributed by atoms with E-state index in [0.29, 0.717) is 10.8 Å². The number of nitrogens with zero attached hydrogens (tertiary/aromatic N) is 2. The normalized spacial score (nSPS) is 21.1. The van der Waals surface area contributed by atoms with E-state index in [9.17, 15) is 8.42 Å². The molecule has 1 N–H and O–H groups in total. The average Bonchev–Trinajstić information content (AvgIpc) is 3.10. The lowest BCUT2D eigenvalue weighted by Gasteiger charge is -2.34. The van der Waals surface area contributed by atoms with E-state index in [1.807, 2.05) is 6.92 Å². The molecule has 0 aromatic carbocycles. The van der Waals surface area contributed by atoms with Crippen molar-refractivity contribution in [2.24, 2.45) is 0 Å². The summed E-state index contributed by atoms with van der Waals surface area (Å²) in [4.78, 5) is 0. The molecule has 1 saturated heterocycles. The predicted octanol–water partition coefficient (Wildman–Crippen LogP) is 2.70. The Hall–Kier alpha value is -1.18. The molecule has 2 aromatic heterocycles. The number of H-pyrrole nitrogens is 1. The maximum absolute atomic E-state index is 12.8. The highest BCUT2D eigenvalue weighted by molar-refractivity contribution is 7.91. The van der Waals surface area contributed by atoms with Gasteiger partial charge in [-0.15, -0.1) is 11.3 Å². The van der Waals surface area contributed by atoms with Gasteiger partial charge in [-0.2, -0.15) is 9.40 Å². The largest absolute Gasteiger partial charge is 0.281 e. The molecule has 1 atom stereocenters. The lowest BCUT2D eigenvalue weighted by atomic mass is 10.00. The van der Waals surface area contributed by atoms with Crippen LogP contribution in [0, 0.1) is 6.92 Å². The average molecular weight is 311 g/mol. The van der Waals surface area contributed by atoms with Crippen LogP contribution in [-0.4, -0.2) is 29.5 Å². The molecule has 3 heterocycles. The summed E-state index contributed by atoms with van der Waals surface area (Å²) in [6, 6.07) is 3.32. The van der Waals surface area contributed by atoms with E-state index < -0.39 is 10.0 Å². The third-order valence-electron chi connectivity index (χ3n) is 3.71. The molecule has 1 aliphatic rings. The van der Waals surface area contributed by atoms with Crippen LogP contribution in [0.25, 0.3) is 0 Å². The van der Waals surface area contributed by atoms with Crippen LogP contribution in [0.3, 0.4) is 0 Å². The summed E-state index contributed by atoms with van der Waals surface area (Å²) in [6.45, 7) is 2.53. The van der Waals surface area contributed by atoms with E-state index in [0.717, 1.165) is 30.5 Å². The Morgan fingerprint density at radius 2 is 2.30 bits per heavy atom. The minimum absolute atomic E-state index is 0.127. The second-order valence-electron chi connectivity index (χ2n) is 5.03. The minimum Gasteiger partial charge on any atom is -0.281 e. The summed E-state index contributed by atoms with van der Waals surface area (Å²) in [5, 5.41) is 8.80. The number of hydrogen-bond acceptors (Lipinski definition) is 4. The van der Waals surface area contributed by atoms with Crippen LogP contribution in [0.15, 0.2) is 27.9 Å². The van der Waals surface area contributed by atoms with Gasteiger partial charge < -0.3 is 0 Å². The first-order chi connectivity index (χ1) is 9.60. The number of thiophene rings is 1. The van der Waals surface area contributed by atoms with E-state index >= 15 is 0 Å². The number of aromatic amines is 1. The number of aromatic nitrogens is 2. The van der Waals surface area contributed by atoms with Crippen molar-refractivity contribution in [3.8, 4) is 0 Å². The van der Waals surface area contributed by atoms with E-state index in [2.05, 4.69) is 10.2 Å². The van der Waals surface area contributed by atoms with Gasteiger partial charge in [0, 0.05) is 6.54 Å². The quantitative estimate of drug-likeness (QED) is 0.947. The predicted molar refractivity (Wildman–Crippen MR) is 78.1 cm³/mol. The van der Waals surface area contributed by atoms with Crippen LogP contribution >= 0.6 is 11.3 Å². The molecular weight excluding hydrogens is 294 g/mol. The van der Waals surface area contributed by atoms with Gasteiger partial charge in [-0.1, -0.05) is 12.5 Å². The molecule has 0 radical (unpaired) electrons. The van der Waals surface area contributed by atoms with Gasteiger partial charge in [-0.05, 0) is 36.8 Å². The third-order valence-corrected chi connectivity index (χ3v) is 6.99. The van der Waals surface area contributed by atoms with Gasteiger partial charge in [-0.3, -0.25) is 5.10 Å². The summed E-state index contributed by atoms with van der Waals surface area (Å²) in [5.74, 6) is 0. The van der Waals surface area contributed by atoms with Crippen LogP contribution in [0.5, 0.6) is 0 Å². The highest BCUT2D eigenvalue weighted by atomic mass is 32.2. The molecule has 5 nitrogen and oxygen atoms in total. The molecule has 0 spiro atoms. The van der Waals surface area contributed by atoms with Crippen molar-refractivity contribution in [1.82, 2.24) is 14.5 Å². The fourth-order valence-corrected chi connectivity index (χ4v) is 5.49. The van der Waals surface area contributed by atoms with Gasteiger partial charge in [0.1, 0.15) is 4.21 Å². The van der Waals surface area contributed by atoms with E-state index in [-0.39, 0.29) is 6.04 Å². The van der Waals surface area contributed by atoms with Crippen molar-refractivity contribution in [3.63, 3.8) is 0 Å². The highest BCUT2D eigenvalue weighted by Gasteiger charge is 2.36. The molecule has 0 aliphatic carbocycles. The molecular formula is C13H17N3O2S2. The fourth-order valence-electron chi connectivity index (χ4n) is 2.70. The number of hydrogen-bond donors (Lipinski definition) is 1. The third kappa shape index (κ3) is 2.30. The molecule has 0 saturated carbocycles. The molecule has 0 bridgehead atoms. The zero-order chi connectivity index (χ0) is 14.2. The lowest BCUT2D eigenvalue weighted by Crippen LogP contribution is -2.38. The maximum atomic E-state index is 12.8. The Kier molecular flexibility index (Phi) is 3.66. The number of rotatable bonds is 3. The second-order valence-corrected chi connectivity index (χ2v) is 8.09. The summed E-state index contributed by atoms with van der Waals surface area (Å²) in [5.41, 5.74) is 1.94. The van der Waals surface area contributed by atoms with Crippen molar-refractivity contribution in [1.29, 1.82) is 0 Å². The van der Waals surface area contributed by atoms with Crippen LogP contribution in [-0.2, 0) is 10.0 Å². The SMILES string of the molecule is Cc1cn[nH]c1[C@@H]1CCCCN1S(=O)(=O)c1cccs1. The topological polar surface area (TPSA) is 66.1 Å². The van der Waals surface area contributed by atoms with Crippen molar-refractivity contribution < 1.29 is 8.42 Å². The summed E-state index contributed by atoms with van der Waals surface area (Å²) in [6.07, 6.45) is 4.54. The van der Waals surface area contributed by atoms with Gasteiger partial charge in [-0.25, -0.2) is 8.42 Å². The fraction of sp³-hybridized carbons (Fsp3) is 0.462. The summed E-state index contributed by atoms with van der Waals surface area (Å²) in [7, 11) is -3.41. The van der Waals surface area contributed by atoms with Crippen LogP contribution in [0.2, 0.25) is 0 Å². The molecule has 0 amide bonds. The van der Waals surface area contributed by atoms with Crippen molar-refractivity contribution >= 4 is 21.4 Å². The molecule has 0 unspecified atom stereocenters. The minimum atomic E-state index is -3.41. The van der Waals surface area contributed by atoms with Crippen LogP contribution in [0.4, 0.5) is 0 Å². The van der Waals surface area contributed by atoms with Gasteiger partial charge in [0.2, 0.25) is 0 Å². The summed E-state index contributed by atoms with van der Waals surface area (Å²) >= 11 is 1.27. The standard InChI is InChI=1S/C13H17N3O2S2/c1-10-9-14-15-13(10)11-5-2-3-7-16(11)20(17,18)12-6-4-8-19-12/h4,6,8-9,11H,2-3,5,7H2,1H3,(H,14,15)/t11-/m0/s1. The first-order valence-corrected chi connectivity index (χ1v) is 8.98. The number of aryl methyl sites for hydroxylation is 1. The first-order valence-electron chi connectivity index (χ1n) is 6.66.